The smallest absolute Gasteiger partial charge is 0.258 e. The highest BCUT2D eigenvalue weighted by molar-refractivity contribution is 6.10. The van der Waals surface area contributed by atoms with Crippen molar-refractivity contribution in [2.24, 2.45) is 0 Å². The molecule has 1 heterocycles. The summed E-state index contributed by atoms with van der Waals surface area (Å²) in [6.45, 7) is 4.32. The number of nitrogens with zero attached hydrogens (tertiary/aromatic N) is 2. The summed E-state index contributed by atoms with van der Waals surface area (Å²) < 4.78 is 0. The zero-order valence-electron chi connectivity index (χ0n) is 22.5. The number of unbranched alkanes of at least 4 members (excludes halogenated alkanes) is 1. The summed E-state index contributed by atoms with van der Waals surface area (Å²) in [4.78, 5) is 30.6. The third kappa shape index (κ3) is 4.76. The van der Waals surface area contributed by atoms with Gasteiger partial charge >= 0.3 is 0 Å². The maximum atomic E-state index is 13.9. The quantitative estimate of drug-likeness (QED) is 0.221. The molecule has 0 unspecified atom stereocenters. The van der Waals surface area contributed by atoms with Crippen LogP contribution in [0.15, 0.2) is 97.1 Å². The first-order valence-electron chi connectivity index (χ1n) is 14.1. The van der Waals surface area contributed by atoms with Gasteiger partial charge in [-0.3, -0.25) is 9.59 Å². The SMILES string of the molecule is CCCN(CCCCc1ccc(N2Cc3ccccc3C2=O)cc1)C(=O)C1c2ccccc2-c2ccccc21. The first-order chi connectivity index (χ1) is 19.2. The fourth-order valence-electron chi connectivity index (χ4n) is 6.14. The Morgan fingerprint density at radius 3 is 2.03 bits per heavy atom. The Labute approximate surface area is 230 Å². The molecule has 0 saturated heterocycles. The molecule has 1 aliphatic heterocycles. The monoisotopic (exact) mass is 514 g/mol. The van der Waals surface area contributed by atoms with Gasteiger partial charge in [-0.1, -0.05) is 85.8 Å². The summed E-state index contributed by atoms with van der Waals surface area (Å²) in [5, 5.41) is 0. The minimum Gasteiger partial charge on any atom is -0.342 e. The van der Waals surface area contributed by atoms with Gasteiger partial charge in [-0.05, 0) is 77.3 Å². The normalized spacial score (nSPS) is 13.8. The van der Waals surface area contributed by atoms with Crippen molar-refractivity contribution < 1.29 is 9.59 Å². The molecule has 4 aromatic rings. The highest BCUT2D eigenvalue weighted by Crippen LogP contribution is 2.45. The van der Waals surface area contributed by atoms with Crippen LogP contribution in [-0.4, -0.2) is 29.8 Å². The number of fused-ring (bicyclic) bond motifs is 4. The number of hydrogen-bond acceptors (Lipinski definition) is 2. The van der Waals surface area contributed by atoms with Crippen LogP contribution < -0.4 is 4.90 Å². The zero-order valence-corrected chi connectivity index (χ0v) is 22.5. The van der Waals surface area contributed by atoms with Gasteiger partial charge in [0.15, 0.2) is 0 Å². The Hall–Kier alpha value is -4.18. The number of benzene rings is 4. The van der Waals surface area contributed by atoms with Gasteiger partial charge in [0.2, 0.25) is 5.91 Å². The topological polar surface area (TPSA) is 40.6 Å². The molecule has 0 fully saturated rings. The van der Waals surface area contributed by atoms with Crippen LogP contribution in [-0.2, 0) is 17.8 Å². The number of aryl methyl sites for hydroxylation is 1. The molecule has 0 saturated carbocycles. The zero-order chi connectivity index (χ0) is 26.8. The van der Waals surface area contributed by atoms with Crippen molar-refractivity contribution in [3.05, 3.63) is 125 Å². The van der Waals surface area contributed by atoms with Gasteiger partial charge in [-0.15, -0.1) is 0 Å². The van der Waals surface area contributed by atoms with E-state index in [0.29, 0.717) is 6.54 Å². The van der Waals surface area contributed by atoms with E-state index in [-0.39, 0.29) is 17.7 Å². The summed E-state index contributed by atoms with van der Waals surface area (Å²) in [6, 6.07) is 32.9. The van der Waals surface area contributed by atoms with Gasteiger partial charge in [-0.2, -0.15) is 0 Å². The molecule has 0 radical (unpaired) electrons. The Balaban J connectivity index is 1.07. The number of amides is 2. The van der Waals surface area contributed by atoms with Crippen molar-refractivity contribution >= 4 is 17.5 Å². The molecule has 6 rings (SSSR count). The number of rotatable bonds is 9. The summed E-state index contributed by atoms with van der Waals surface area (Å²) in [6.07, 6.45) is 3.88. The predicted octanol–water partition coefficient (Wildman–Crippen LogP) is 7.22. The Bertz CT molecular complexity index is 1460. The first kappa shape index (κ1) is 25.1. The standard InChI is InChI=1S/C35H34N2O2/c1-2-22-36(35(39)33-31-16-7-5-14-29(31)30-15-6-8-17-32(30)33)23-10-9-11-25-18-20-27(21-19-25)37-24-26-12-3-4-13-28(26)34(37)38/h3-8,12-21,33H,2,9-11,22-24H2,1H3. The van der Waals surface area contributed by atoms with E-state index in [1.165, 1.54) is 16.7 Å². The Morgan fingerprint density at radius 1 is 0.769 bits per heavy atom. The number of carbonyl (C=O) groups is 2. The van der Waals surface area contributed by atoms with E-state index in [0.717, 1.165) is 66.7 Å². The van der Waals surface area contributed by atoms with Crippen molar-refractivity contribution in [3.8, 4) is 11.1 Å². The van der Waals surface area contributed by atoms with E-state index in [9.17, 15) is 9.59 Å². The van der Waals surface area contributed by atoms with E-state index in [1.807, 2.05) is 41.3 Å². The lowest BCUT2D eigenvalue weighted by Crippen LogP contribution is -2.36. The van der Waals surface area contributed by atoms with Gasteiger partial charge in [-0.25, -0.2) is 0 Å². The predicted molar refractivity (Wildman–Crippen MR) is 157 cm³/mol. The highest BCUT2D eigenvalue weighted by Gasteiger charge is 2.35. The number of carbonyl (C=O) groups excluding carboxylic acids is 2. The molecule has 0 N–H and O–H groups in total. The second kappa shape index (κ2) is 10.9. The van der Waals surface area contributed by atoms with Crippen molar-refractivity contribution in [1.82, 2.24) is 4.90 Å². The minimum absolute atomic E-state index is 0.0755. The van der Waals surface area contributed by atoms with Crippen LogP contribution >= 0.6 is 0 Å². The van der Waals surface area contributed by atoms with E-state index in [2.05, 4.69) is 72.5 Å². The molecule has 0 aromatic heterocycles. The number of anilines is 1. The Kier molecular flexibility index (Phi) is 7.02. The lowest BCUT2D eigenvalue weighted by Gasteiger charge is -2.26. The lowest BCUT2D eigenvalue weighted by atomic mass is 9.95. The summed E-state index contributed by atoms with van der Waals surface area (Å²) >= 11 is 0. The lowest BCUT2D eigenvalue weighted by molar-refractivity contribution is -0.131. The van der Waals surface area contributed by atoms with Gasteiger partial charge in [0, 0.05) is 24.3 Å². The van der Waals surface area contributed by atoms with Crippen molar-refractivity contribution in [3.63, 3.8) is 0 Å². The maximum Gasteiger partial charge on any atom is 0.258 e. The van der Waals surface area contributed by atoms with E-state index in [4.69, 9.17) is 0 Å². The molecule has 4 nitrogen and oxygen atoms in total. The van der Waals surface area contributed by atoms with E-state index in [1.54, 1.807) is 0 Å². The second-order valence-corrected chi connectivity index (χ2v) is 10.6. The van der Waals surface area contributed by atoms with Crippen molar-refractivity contribution in [1.29, 1.82) is 0 Å². The fourth-order valence-corrected chi connectivity index (χ4v) is 6.14. The molecular formula is C35H34N2O2. The van der Waals surface area contributed by atoms with Crippen LogP contribution in [0.5, 0.6) is 0 Å². The van der Waals surface area contributed by atoms with Crippen LogP contribution in [0.25, 0.3) is 11.1 Å². The van der Waals surface area contributed by atoms with Gasteiger partial charge in [0.25, 0.3) is 5.91 Å². The second-order valence-electron chi connectivity index (χ2n) is 10.6. The van der Waals surface area contributed by atoms with E-state index < -0.39 is 0 Å². The molecule has 2 amide bonds. The maximum absolute atomic E-state index is 13.9. The van der Waals surface area contributed by atoms with Gasteiger partial charge in [0.1, 0.15) is 0 Å². The summed E-state index contributed by atoms with van der Waals surface area (Å²) in [5.41, 5.74) is 8.72. The number of hydrogen-bond donors (Lipinski definition) is 0. The average Bonchev–Trinajstić information content (AvgIpc) is 3.50. The van der Waals surface area contributed by atoms with Gasteiger partial charge < -0.3 is 9.80 Å². The molecule has 1 aliphatic carbocycles. The van der Waals surface area contributed by atoms with E-state index >= 15 is 0 Å². The molecule has 2 aliphatic rings. The minimum atomic E-state index is -0.212. The third-order valence-corrected chi connectivity index (χ3v) is 8.10. The largest absolute Gasteiger partial charge is 0.342 e. The molecule has 0 atom stereocenters. The third-order valence-electron chi connectivity index (χ3n) is 8.10. The molecule has 0 bridgehead atoms. The van der Waals surface area contributed by atoms with Gasteiger partial charge in [0.05, 0.1) is 12.5 Å². The summed E-state index contributed by atoms with van der Waals surface area (Å²) in [7, 11) is 0. The Morgan fingerprint density at radius 2 is 1.38 bits per heavy atom. The van der Waals surface area contributed by atoms with Crippen LogP contribution in [0, 0.1) is 0 Å². The van der Waals surface area contributed by atoms with Crippen LogP contribution in [0.1, 0.15) is 64.7 Å². The molecule has 39 heavy (non-hydrogen) atoms. The van der Waals surface area contributed by atoms with Crippen LogP contribution in [0.3, 0.4) is 0 Å². The van der Waals surface area contributed by atoms with Crippen LogP contribution in [0.2, 0.25) is 0 Å². The van der Waals surface area contributed by atoms with Crippen LogP contribution in [0.4, 0.5) is 5.69 Å². The first-order valence-corrected chi connectivity index (χ1v) is 14.1. The molecule has 0 spiro atoms. The van der Waals surface area contributed by atoms with Crippen molar-refractivity contribution in [2.45, 2.75) is 45.1 Å². The average molecular weight is 515 g/mol. The summed E-state index contributed by atoms with van der Waals surface area (Å²) in [5.74, 6) is 0.0809. The van der Waals surface area contributed by atoms with Crippen molar-refractivity contribution in [2.75, 3.05) is 18.0 Å². The molecular weight excluding hydrogens is 480 g/mol. The highest BCUT2D eigenvalue weighted by atomic mass is 16.2. The fraction of sp³-hybridized carbons (Fsp3) is 0.257. The molecule has 4 heteroatoms. The molecule has 196 valence electrons. The molecule has 4 aromatic carbocycles.